The monoisotopic (exact) mass is 502 g/mol. The predicted molar refractivity (Wildman–Crippen MR) is 128 cm³/mol. The Morgan fingerprint density at radius 3 is 2.53 bits per heavy atom. The lowest BCUT2D eigenvalue weighted by atomic mass is 9.85. The van der Waals surface area contributed by atoms with E-state index < -0.39 is 29.4 Å². The van der Waals surface area contributed by atoms with E-state index in [1.165, 1.54) is 6.07 Å². The summed E-state index contributed by atoms with van der Waals surface area (Å²) in [4.78, 5) is 17.4. The van der Waals surface area contributed by atoms with Crippen LogP contribution in [0.2, 0.25) is 0 Å². The summed E-state index contributed by atoms with van der Waals surface area (Å²) >= 11 is 0. The number of imidazole rings is 1. The van der Waals surface area contributed by atoms with Crippen LogP contribution >= 0.6 is 0 Å². The highest BCUT2D eigenvalue weighted by molar-refractivity contribution is 5.90. The summed E-state index contributed by atoms with van der Waals surface area (Å²) in [6, 6.07) is 7.66. The lowest BCUT2D eigenvalue weighted by molar-refractivity contribution is -0.166. The largest absolute Gasteiger partial charge is 0.493 e. The minimum absolute atomic E-state index is 0.219. The van der Waals surface area contributed by atoms with Crippen molar-refractivity contribution in [2.75, 3.05) is 13.7 Å². The molecule has 3 aromatic rings. The smallest absolute Gasteiger partial charge is 0.416 e. The number of aryl methyl sites for hydroxylation is 2. The zero-order chi connectivity index (χ0) is 26.3. The number of alkyl halides is 3. The van der Waals surface area contributed by atoms with Crippen LogP contribution in [0.15, 0.2) is 42.9 Å². The Labute approximate surface area is 208 Å². The number of ether oxygens (including phenoxy) is 3. The van der Waals surface area contributed by atoms with E-state index in [1.807, 2.05) is 6.07 Å². The van der Waals surface area contributed by atoms with Gasteiger partial charge in [0, 0.05) is 24.4 Å². The van der Waals surface area contributed by atoms with Crippen LogP contribution in [0.1, 0.15) is 50.0 Å². The van der Waals surface area contributed by atoms with E-state index in [2.05, 4.69) is 4.98 Å². The third-order valence-electron chi connectivity index (χ3n) is 5.88. The summed E-state index contributed by atoms with van der Waals surface area (Å²) < 4.78 is 61.7. The molecule has 1 aliphatic heterocycles. The van der Waals surface area contributed by atoms with Crippen LogP contribution in [-0.4, -0.2) is 34.8 Å². The molecule has 0 N–H and O–H groups in total. The van der Waals surface area contributed by atoms with Gasteiger partial charge in [0.05, 0.1) is 36.9 Å². The molecule has 0 spiro atoms. The molecule has 0 fully saturated rings. The van der Waals surface area contributed by atoms with Gasteiger partial charge in [-0.1, -0.05) is 12.1 Å². The first-order chi connectivity index (χ1) is 16.9. The van der Waals surface area contributed by atoms with Gasteiger partial charge in [-0.05, 0) is 68.5 Å². The first-order valence-corrected chi connectivity index (χ1v) is 11.6. The van der Waals surface area contributed by atoms with Crippen molar-refractivity contribution in [2.24, 2.45) is 7.05 Å². The molecule has 36 heavy (non-hydrogen) atoms. The summed E-state index contributed by atoms with van der Waals surface area (Å²) in [6.07, 6.45) is -1.56. The number of rotatable bonds is 5. The molecule has 6 nitrogen and oxygen atoms in total. The first-order valence-electron chi connectivity index (χ1n) is 11.6. The van der Waals surface area contributed by atoms with E-state index in [-0.39, 0.29) is 11.1 Å². The number of nitrogens with zero attached hydrogens (tertiary/aromatic N) is 2. The molecule has 2 heterocycles. The van der Waals surface area contributed by atoms with Gasteiger partial charge in [-0.15, -0.1) is 0 Å². The maximum atomic E-state index is 14.5. The number of aromatic nitrogens is 2. The molecule has 1 atom stereocenters. The van der Waals surface area contributed by atoms with Crippen molar-refractivity contribution in [1.29, 1.82) is 0 Å². The fraction of sp³-hybridized carbons (Fsp3) is 0.407. The Hall–Kier alpha value is -3.33. The number of fused-ring (bicyclic) bond motifs is 1. The van der Waals surface area contributed by atoms with Gasteiger partial charge in [0.25, 0.3) is 0 Å². The Balaban J connectivity index is 2.10. The number of hydrogen-bond acceptors (Lipinski definition) is 5. The van der Waals surface area contributed by atoms with Crippen molar-refractivity contribution in [3.05, 3.63) is 59.5 Å². The Bertz CT molecular complexity index is 1270. The van der Waals surface area contributed by atoms with E-state index >= 15 is 0 Å². The van der Waals surface area contributed by atoms with Crippen molar-refractivity contribution in [1.82, 2.24) is 9.55 Å². The van der Waals surface area contributed by atoms with E-state index in [1.54, 1.807) is 57.0 Å². The molecule has 1 aliphatic rings. The average Bonchev–Trinajstić information content (AvgIpc) is 3.25. The third-order valence-corrected chi connectivity index (χ3v) is 5.88. The highest BCUT2D eigenvalue weighted by atomic mass is 19.4. The Morgan fingerprint density at radius 1 is 1.17 bits per heavy atom. The Kier molecular flexibility index (Phi) is 6.88. The molecule has 0 amide bonds. The second-order valence-corrected chi connectivity index (χ2v) is 9.78. The van der Waals surface area contributed by atoms with Gasteiger partial charge in [0.1, 0.15) is 5.75 Å². The van der Waals surface area contributed by atoms with Crippen LogP contribution in [0, 0.1) is 0 Å². The molecule has 0 bridgehead atoms. The normalized spacial score (nSPS) is 14.7. The van der Waals surface area contributed by atoms with Gasteiger partial charge in [-0.2, -0.15) is 13.2 Å². The van der Waals surface area contributed by atoms with Crippen LogP contribution in [0.4, 0.5) is 13.2 Å². The van der Waals surface area contributed by atoms with E-state index in [9.17, 15) is 18.0 Å². The molecule has 1 aromatic heterocycles. The second kappa shape index (κ2) is 9.61. The summed E-state index contributed by atoms with van der Waals surface area (Å²) in [5.74, 6) is -0.218. The molecule has 192 valence electrons. The zero-order valence-electron chi connectivity index (χ0n) is 20.9. The lowest BCUT2D eigenvalue weighted by Gasteiger charge is -2.30. The minimum Gasteiger partial charge on any atom is -0.493 e. The number of carbonyl (C=O) groups is 1. The quantitative estimate of drug-likeness (QED) is 0.393. The van der Waals surface area contributed by atoms with Crippen LogP contribution in [0.25, 0.3) is 22.4 Å². The topological polar surface area (TPSA) is 62.6 Å². The van der Waals surface area contributed by atoms with Gasteiger partial charge in [-0.25, -0.2) is 9.78 Å². The molecule has 4 rings (SSSR count). The maximum absolute atomic E-state index is 14.5. The van der Waals surface area contributed by atoms with Crippen molar-refractivity contribution >= 4 is 5.97 Å². The molecule has 0 aliphatic carbocycles. The minimum atomic E-state index is -4.75. The Morgan fingerprint density at radius 2 is 1.92 bits per heavy atom. The van der Waals surface area contributed by atoms with Crippen LogP contribution in [0.5, 0.6) is 5.75 Å². The molecule has 0 saturated heterocycles. The SMILES string of the molecule is COC(=O)C(OC(C)(C)C)c1c(C(F)(F)F)ccc(-c2cn(C)cn2)c1-c1ccc2c(c1)CCCO2. The van der Waals surface area contributed by atoms with Crippen molar-refractivity contribution in [3.63, 3.8) is 0 Å². The van der Waals surface area contributed by atoms with Crippen molar-refractivity contribution in [3.8, 4) is 28.1 Å². The second-order valence-electron chi connectivity index (χ2n) is 9.78. The molecule has 1 unspecified atom stereocenters. The summed E-state index contributed by atoms with van der Waals surface area (Å²) in [5.41, 5.74) is 0.320. The summed E-state index contributed by atoms with van der Waals surface area (Å²) in [5, 5.41) is 0. The van der Waals surface area contributed by atoms with E-state index in [4.69, 9.17) is 14.2 Å². The summed E-state index contributed by atoms with van der Waals surface area (Å²) in [6.45, 7) is 5.61. The zero-order valence-corrected chi connectivity index (χ0v) is 20.9. The highest BCUT2D eigenvalue weighted by Gasteiger charge is 2.42. The maximum Gasteiger partial charge on any atom is 0.416 e. The van der Waals surface area contributed by atoms with Gasteiger partial charge in [0.15, 0.2) is 6.10 Å². The molecule has 2 aromatic carbocycles. The molecule has 0 radical (unpaired) electrons. The molecule has 9 heteroatoms. The molecular weight excluding hydrogens is 473 g/mol. The summed E-state index contributed by atoms with van der Waals surface area (Å²) in [7, 11) is 2.91. The number of carbonyl (C=O) groups excluding carboxylic acids is 1. The number of halogens is 3. The van der Waals surface area contributed by atoms with Crippen molar-refractivity contribution in [2.45, 2.75) is 51.5 Å². The number of methoxy groups -OCH3 is 1. The van der Waals surface area contributed by atoms with E-state index in [0.717, 1.165) is 31.6 Å². The standard InChI is InChI=1S/C27H29F3N2O4/c1-26(2,3)36-24(25(33)34-5)23-19(27(28,29)30)10-9-18(20-14-32(4)15-31-20)22(23)17-8-11-21-16(13-17)7-6-12-35-21/h8-11,13-15,24H,6-7,12H2,1-5H3. The fourth-order valence-corrected chi connectivity index (χ4v) is 4.42. The van der Waals surface area contributed by atoms with Crippen LogP contribution in [0.3, 0.4) is 0 Å². The number of benzene rings is 2. The number of esters is 1. The van der Waals surface area contributed by atoms with E-state index in [0.29, 0.717) is 29.2 Å². The first kappa shape index (κ1) is 25.8. The molecular formula is C27H29F3N2O4. The average molecular weight is 503 g/mol. The third kappa shape index (κ3) is 5.26. The van der Waals surface area contributed by atoms with Gasteiger partial charge in [0.2, 0.25) is 0 Å². The van der Waals surface area contributed by atoms with Crippen LogP contribution < -0.4 is 4.74 Å². The van der Waals surface area contributed by atoms with Gasteiger partial charge >= 0.3 is 12.1 Å². The van der Waals surface area contributed by atoms with Crippen LogP contribution in [-0.2, 0) is 33.9 Å². The predicted octanol–water partition coefficient (Wildman–Crippen LogP) is 6.13. The fourth-order valence-electron chi connectivity index (χ4n) is 4.42. The van der Waals surface area contributed by atoms with Gasteiger partial charge in [-0.3, -0.25) is 0 Å². The highest BCUT2D eigenvalue weighted by Crippen LogP contribution is 2.47. The molecule has 0 saturated carbocycles. The number of hydrogen-bond donors (Lipinski definition) is 0. The van der Waals surface area contributed by atoms with Crippen molar-refractivity contribution < 1.29 is 32.2 Å². The van der Waals surface area contributed by atoms with Gasteiger partial charge < -0.3 is 18.8 Å². The lowest BCUT2D eigenvalue weighted by Crippen LogP contribution is -2.30.